The fraction of sp³-hybridized carbons (Fsp3) is 0.231. The molecule has 2 aromatic rings. The van der Waals surface area contributed by atoms with Crippen LogP contribution in [-0.4, -0.2) is 22.3 Å². The van der Waals surface area contributed by atoms with E-state index in [0.29, 0.717) is 5.69 Å². The lowest BCUT2D eigenvalue weighted by atomic mass is 10.1. The molecule has 116 valence electrons. The van der Waals surface area contributed by atoms with Crippen LogP contribution in [0.1, 0.15) is 17.3 Å². The van der Waals surface area contributed by atoms with E-state index in [9.17, 15) is 14.4 Å². The van der Waals surface area contributed by atoms with E-state index in [2.05, 4.69) is 15.1 Å². The standard InChI is InChI=1S/C13H14N4O4S/c1-7(22-12-13(20)21-16-17(12)2)11(19)15-9-6-4-3-5-8(9)10(14)18/h3-7H,1-2H3,(H3-,14,15,16,18,19,20)/p+1. The number of H-pyrrole nitrogens is 1. The first kappa shape index (κ1) is 15.8. The molecule has 22 heavy (non-hydrogen) atoms. The molecule has 1 aromatic heterocycles. The van der Waals surface area contributed by atoms with Gasteiger partial charge >= 0.3 is 10.7 Å². The molecule has 1 unspecified atom stereocenters. The van der Waals surface area contributed by atoms with Crippen molar-refractivity contribution < 1.29 is 18.8 Å². The number of nitrogens with zero attached hydrogens (tertiary/aromatic N) is 1. The van der Waals surface area contributed by atoms with Crippen molar-refractivity contribution in [1.82, 2.24) is 5.27 Å². The Morgan fingerprint density at radius 3 is 2.68 bits per heavy atom. The first-order chi connectivity index (χ1) is 10.4. The molecule has 2 amide bonds. The van der Waals surface area contributed by atoms with Crippen molar-refractivity contribution in [3.63, 3.8) is 0 Å². The largest absolute Gasteiger partial charge is 0.441 e. The van der Waals surface area contributed by atoms with Gasteiger partial charge in [-0.05, 0) is 36.1 Å². The number of nitrogens with two attached hydrogens (primary N) is 1. The van der Waals surface area contributed by atoms with E-state index in [0.717, 1.165) is 11.8 Å². The van der Waals surface area contributed by atoms with Gasteiger partial charge in [0.05, 0.1) is 16.5 Å². The van der Waals surface area contributed by atoms with Crippen LogP contribution in [0.25, 0.3) is 0 Å². The lowest BCUT2D eigenvalue weighted by Gasteiger charge is -2.11. The molecule has 1 heterocycles. The van der Waals surface area contributed by atoms with Gasteiger partial charge in [-0.15, -0.1) is 0 Å². The van der Waals surface area contributed by atoms with Gasteiger partial charge in [0, 0.05) is 0 Å². The van der Waals surface area contributed by atoms with Crippen LogP contribution in [0.15, 0.2) is 38.6 Å². The molecule has 1 atom stereocenters. The highest BCUT2D eigenvalue weighted by atomic mass is 32.2. The molecule has 0 bridgehead atoms. The molecule has 8 nitrogen and oxygen atoms in total. The summed E-state index contributed by atoms with van der Waals surface area (Å²) in [5.74, 6) is -0.992. The summed E-state index contributed by atoms with van der Waals surface area (Å²) in [4.78, 5) is 35.0. The van der Waals surface area contributed by atoms with Crippen LogP contribution in [0.2, 0.25) is 0 Å². The average Bonchev–Trinajstić information content (AvgIpc) is 2.79. The van der Waals surface area contributed by atoms with Gasteiger partial charge in [-0.1, -0.05) is 16.8 Å². The highest BCUT2D eigenvalue weighted by molar-refractivity contribution is 8.00. The summed E-state index contributed by atoms with van der Waals surface area (Å²) in [5.41, 5.74) is 5.26. The number of hydrogen-bond acceptors (Lipinski definition) is 5. The van der Waals surface area contributed by atoms with E-state index < -0.39 is 16.8 Å². The zero-order valence-electron chi connectivity index (χ0n) is 12.0. The van der Waals surface area contributed by atoms with Crippen molar-refractivity contribution in [3.05, 3.63) is 40.2 Å². The average molecular weight is 323 g/mol. The van der Waals surface area contributed by atoms with E-state index in [-0.39, 0.29) is 16.5 Å². The number of aromatic nitrogens is 2. The zero-order chi connectivity index (χ0) is 16.3. The number of aryl methyl sites for hydroxylation is 1. The Morgan fingerprint density at radius 1 is 1.41 bits per heavy atom. The number of amides is 2. The second kappa shape index (κ2) is 6.48. The smallest absolute Gasteiger partial charge is 0.366 e. The lowest BCUT2D eigenvalue weighted by molar-refractivity contribution is -0.772. The van der Waals surface area contributed by atoms with E-state index in [1.807, 2.05) is 0 Å². The molecule has 4 N–H and O–H groups in total. The first-order valence-electron chi connectivity index (χ1n) is 6.34. The van der Waals surface area contributed by atoms with Gasteiger partial charge in [0.15, 0.2) is 7.05 Å². The Kier molecular flexibility index (Phi) is 4.66. The molecule has 0 saturated carbocycles. The quantitative estimate of drug-likeness (QED) is 0.528. The third kappa shape index (κ3) is 3.37. The molecule has 1 aromatic carbocycles. The van der Waals surface area contributed by atoms with Crippen LogP contribution in [0.4, 0.5) is 5.69 Å². The van der Waals surface area contributed by atoms with Crippen molar-refractivity contribution in [1.29, 1.82) is 0 Å². The minimum atomic E-state index is -0.631. The molecule has 0 aliphatic heterocycles. The van der Waals surface area contributed by atoms with Crippen molar-refractivity contribution in [3.8, 4) is 0 Å². The fourth-order valence-electron chi connectivity index (χ4n) is 1.72. The number of benzene rings is 1. The van der Waals surface area contributed by atoms with Gasteiger partial charge in [-0.25, -0.2) is 4.79 Å². The van der Waals surface area contributed by atoms with Gasteiger partial charge in [0.1, 0.15) is 0 Å². The van der Waals surface area contributed by atoms with Crippen molar-refractivity contribution in [2.24, 2.45) is 12.8 Å². The van der Waals surface area contributed by atoms with Gasteiger partial charge in [0.2, 0.25) is 5.91 Å². The van der Waals surface area contributed by atoms with Crippen LogP contribution in [-0.2, 0) is 11.8 Å². The maximum atomic E-state index is 12.2. The van der Waals surface area contributed by atoms with E-state index in [1.165, 1.54) is 10.7 Å². The SMILES string of the molecule is CC(Sc1c(=O)o[nH][n+]1C)C(=O)Nc1ccccc1C(N)=O. The third-order valence-electron chi connectivity index (χ3n) is 2.86. The molecule has 0 aliphatic rings. The monoisotopic (exact) mass is 323 g/mol. The Hall–Kier alpha value is -2.55. The lowest BCUT2D eigenvalue weighted by Crippen LogP contribution is -2.35. The number of carbonyl (C=O) groups is 2. The molecule has 0 spiro atoms. The fourth-order valence-corrected chi connectivity index (χ4v) is 2.56. The Labute approximate surface area is 129 Å². The molecular weight excluding hydrogens is 308 g/mol. The molecule has 0 aliphatic carbocycles. The molecule has 2 rings (SSSR count). The summed E-state index contributed by atoms with van der Waals surface area (Å²) >= 11 is 1.04. The maximum absolute atomic E-state index is 12.2. The summed E-state index contributed by atoms with van der Waals surface area (Å²) in [6.07, 6.45) is 0. The van der Waals surface area contributed by atoms with E-state index in [4.69, 9.17) is 5.73 Å². The van der Waals surface area contributed by atoms with Crippen molar-refractivity contribution in [2.45, 2.75) is 17.2 Å². The van der Waals surface area contributed by atoms with Gasteiger partial charge in [-0.2, -0.15) is 0 Å². The number of nitrogens with one attached hydrogen (secondary N) is 2. The Bertz CT molecular complexity index is 767. The first-order valence-corrected chi connectivity index (χ1v) is 7.22. The molecule has 9 heteroatoms. The Balaban J connectivity index is 2.13. The van der Waals surface area contributed by atoms with Gasteiger partial charge in [-0.3, -0.25) is 14.1 Å². The summed E-state index contributed by atoms with van der Waals surface area (Å²) in [6, 6.07) is 6.44. The molecule has 0 fully saturated rings. The molecule has 0 saturated heterocycles. The van der Waals surface area contributed by atoms with E-state index >= 15 is 0 Å². The topological polar surface area (TPSA) is 122 Å². The van der Waals surface area contributed by atoms with Gasteiger partial charge < -0.3 is 11.1 Å². The van der Waals surface area contributed by atoms with Crippen LogP contribution in [0, 0.1) is 0 Å². The number of thioether (sulfide) groups is 1. The normalized spacial score (nSPS) is 11.9. The minimum Gasteiger partial charge on any atom is -0.366 e. The molecular formula is C13H15N4O4S+. The number of rotatable bonds is 5. The zero-order valence-corrected chi connectivity index (χ0v) is 12.8. The van der Waals surface area contributed by atoms with Crippen LogP contribution < -0.4 is 21.4 Å². The predicted octanol–water partition coefficient (Wildman–Crippen LogP) is 0.0106. The minimum absolute atomic E-state index is 0.222. The predicted molar refractivity (Wildman–Crippen MR) is 79.4 cm³/mol. The molecule has 0 radical (unpaired) electrons. The number of carbonyl (C=O) groups excluding carboxylic acids is 2. The number of hydrogen-bond donors (Lipinski definition) is 3. The van der Waals surface area contributed by atoms with Gasteiger partial charge in [0.25, 0.3) is 5.91 Å². The second-order valence-corrected chi connectivity index (χ2v) is 5.83. The number of aromatic amines is 1. The van der Waals surface area contributed by atoms with Crippen LogP contribution >= 0.6 is 11.8 Å². The summed E-state index contributed by atoms with van der Waals surface area (Å²) < 4.78 is 6.00. The second-order valence-electron chi connectivity index (χ2n) is 4.50. The summed E-state index contributed by atoms with van der Waals surface area (Å²) in [7, 11) is 1.60. The van der Waals surface area contributed by atoms with Crippen LogP contribution in [0.3, 0.4) is 0 Å². The van der Waals surface area contributed by atoms with Crippen molar-refractivity contribution in [2.75, 3.05) is 5.32 Å². The number of anilines is 1. The van der Waals surface area contributed by atoms with Crippen molar-refractivity contribution >= 4 is 29.3 Å². The Morgan fingerprint density at radius 2 is 2.09 bits per heavy atom. The number of para-hydroxylation sites is 1. The highest BCUT2D eigenvalue weighted by Gasteiger charge is 2.25. The van der Waals surface area contributed by atoms with Crippen LogP contribution in [0.5, 0.6) is 0 Å². The van der Waals surface area contributed by atoms with E-state index in [1.54, 1.807) is 32.2 Å². The summed E-state index contributed by atoms with van der Waals surface area (Å²) in [6.45, 7) is 1.64. The highest BCUT2D eigenvalue weighted by Crippen LogP contribution is 2.20. The summed E-state index contributed by atoms with van der Waals surface area (Å²) in [5, 5.41) is 4.69. The maximum Gasteiger partial charge on any atom is 0.441 e. The third-order valence-corrected chi connectivity index (χ3v) is 4.09. The number of primary amides is 1.